The molecule has 0 radical (unpaired) electrons. The van der Waals surface area contributed by atoms with E-state index in [2.05, 4.69) is 5.32 Å². The molecule has 0 heterocycles. The van der Waals surface area contributed by atoms with E-state index in [1.165, 1.54) is 0 Å². The van der Waals surface area contributed by atoms with Crippen molar-refractivity contribution in [3.05, 3.63) is 28.8 Å². The molecule has 2 N–H and O–H groups in total. The number of aryl methyl sites for hydroxylation is 2. The molecule has 0 aromatic heterocycles. The average Bonchev–Trinajstić information content (AvgIpc) is 2.35. The lowest BCUT2D eigenvalue weighted by Crippen LogP contribution is -2.16. The molecule has 0 atom stereocenters. The SMILES string of the molecule is CCOC(=O)CCCNCc1cc(C)c(O)c(C)c1. The molecule has 0 bridgehead atoms. The zero-order chi connectivity index (χ0) is 14.3. The summed E-state index contributed by atoms with van der Waals surface area (Å²) in [5, 5.41) is 13.0. The van der Waals surface area contributed by atoms with Gasteiger partial charge in [-0.2, -0.15) is 0 Å². The molecule has 0 spiro atoms. The number of nitrogens with one attached hydrogen (secondary N) is 1. The fourth-order valence-corrected chi connectivity index (χ4v) is 1.97. The fourth-order valence-electron chi connectivity index (χ4n) is 1.97. The lowest BCUT2D eigenvalue weighted by atomic mass is 10.1. The smallest absolute Gasteiger partial charge is 0.305 e. The van der Waals surface area contributed by atoms with Gasteiger partial charge in [-0.05, 0) is 50.4 Å². The lowest BCUT2D eigenvalue weighted by Gasteiger charge is -2.09. The molecule has 0 fully saturated rings. The molecule has 0 unspecified atom stereocenters. The summed E-state index contributed by atoms with van der Waals surface area (Å²) < 4.78 is 4.86. The highest BCUT2D eigenvalue weighted by Crippen LogP contribution is 2.22. The van der Waals surface area contributed by atoms with Crippen LogP contribution >= 0.6 is 0 Å². The molecule has 4 nitrogen and oxygen atoms in total. The zero-order valence-electron chi connectivity index (χ0n) is 12.0. The first kappa shape index (κ1) is 15.5. The molecule has 1 rings (SSSR count). The van der Waals surface area contributed by atoms with Crippen LogP contribution in [0.15, 0.2) is 12.1 Å². The van der Waals surface area contributed by atoms with E-state index in [9.17, 15) is 9.90 Å². The van der Waals surface area contributed by atoms with Gasteiger partial charge in [-0.1, -0.05) is 12.1 Å². The number of carbonyl (C=O) groups is 1. The first-order valence-electron chi connectivity index (χ1n) is 6.70. The number of aromatic hydroxyl groups is 1. The van der Waals surface area contributed by atoms with Gasteiger partial charge < -0.3 is 15.2 Å². The Morgan fingerprint density at radius 1 is 1.32 bits per heavy atom. The maximum atomic E-state index is 11.1. The van der Waals surface area contributed by atoms with E-state index in [-0.39, 0.29) is 5.97 Å². The molecular formula is C15H23NO3. The van der Waals surface area contributed by atoms with Crippen LogP contribution in [-0.4, -0.2) is 24.2 Å². The molecule has 4 heteroatoms. The minimum absolute atomic E-state index is 0.138. The number of phenols is 1. The van der Waals surface area contributed by atoms with Gasteiger partial charge in [0, 0.05) is 13.0 Å². The minimum Gasteiger partial charge on any atom is -0.507 e. The summed E-state index contributed by atoms with van der Waals surface area (Å²) in [7, 11) is 0. The fraction of sp³-hybridized carbons (Fsp3) is 0.533. The summed E-state index contributed by atoms with van der Waals surface area (Å²) in [6.07, 6.45) is 1.23. The van der Waals surface area contributed by atoms with Crippen LogP contribution in [0.2, 0.25) is 0 Å². The van der Waals surface area contributed by atoms with E-state index >= 15 is 0 Å². The number of carbonyl (C=O) groups excluding carboxylic acids is 1. The Labute approximate surface area is 114 Å². The number of hydrogen-bond donors (Lipinski definition) is 2. The zero-order valence-corrected chi connectivity index (χ0v) is 12.0. The van der Waals surface area contributed by atoms with Crippen molar-refractivity contribution in [3.8, 4) is 5.75 Å². The summed E-state index contributed by atoms with van der Waals surface area (Å²) in [5.41, 5.74) is 2.93. The van der Waals surface area contributed by atoms with Gasteiger partial charge in [-0.3, -0.25) is 4.79 Å². The normalized spacial score (nSPS) is 10.5. The summed E-state index contributed by atoms with van der Waals surface area (Å²) in [6.45, 7) is 7.56. The average molecular weight is 265 g/mol. The molecule has 0 aliphatic carbocycles. The number of esters is 1. The van der Waals surface area contributed by atoms with Crippen LogP contribution in [-0.2, 0) is 16.1 Å². The Kier molecular flexibility index (Phi) is 6.36. The Bertz CT molecular complexity index is 406. The van der Waals surface area contributed by atoms with Gasteiger partial charge in [-0.15, -0.1) is 0 Å². The third-order valence-electron chi connectivity index (χ3n) is 2.92. The molecule has 0 saturated heterocycles. The number of phenolic OH excluding ortho intramolecular Hbond substituents is 1. The first-order chi connectivity index (χ1) is 9.04. The van der Waals surface area contributed by atoms with E-state index in [0.717, 1.165) is 36.2 Å². The van der Waals surface area contributed by atoms with E-state index < -0.39 is 0 Å². The third-order valence-corrected chi connectivity index (χ3v) is 2.92. The van der Waals surface area contributed by atoms with Gasteiger partial charge in [0.2, 0.25) is 0 Å². The van der Waals surface area contributed by atoms with Crippen molar-refractivity contribution in [1.29, 1.82) is 0 Å². The van der Waals surface area contributed by atoms with E-state index in [4.69, 9.17) is 4.74 Å². The summed E-state index contributed by atoms with van der Waals surface area (Å²) >= 11 is 0. The Morgan fingerprint density at radius 2 is 1.95 bits per heavy atom. The molecule has 1 aromatic carbocycles. The predicted molar refractivity (Wildman–Crippen MR) is 75.2 cm³/mol. The Morgan fingerprint density at radius 3 is 2.53 bits per heavy atom. The van der Waals surface area contributed by atoms with E-state index in [1.807, 2.05) is 32.9 Å². The number of rotatable bonds is 7. The van der Waals surface area contributed by atoms with Crippen LogP contribution in [0.4, 0.5) is 0 Å². The predicted octanol–water partition coefficient (Wildman–Crippen LogP) is 2.44. The Hall–Kier alpha value is -1.55. The molecule has 0 amide bonds. The van der Waals surface area contributed by atoms with E-state index in [0.29, 0.717) is 18.8 Å². The van der Waals surface area contributed by atoms with Crippen molar-refractivity contribution >= 4 is 5.97 Å². The van der Waals surface area contributed by atoms with Gasteiger partial charge >= 0.3 is 5.97 Å². The highest BCUT2D eigenvalue weighted by Gasteiger charge is 2.04. The van der Waals surface area contributed by atoms with Gasteiger partial charge in [0.25, 0.3) is 0 Å². The molecule has 0 aliphatic rings. The number of benzene rings is 1. The maximum Gasteiger partial charge on any atom is 0.305 e. The first-order valence-corrected chi connectivity index (χ1v) is 6.70. The van der Waals surface area contributed by atoms with Gasteiger partial charge in [-0.25, -0.2) is 0 Å². The van der Waals surface area contributed by atoms with Gasteiger partial charge in [0.1, 0.15) is 5.75 Å². The second-order valence-corrected chi connectivity index (χ2v) is 4.66. The monoisotopic (exact) mass is 265 g/mol. The van der Waals surface area contributed by atoms with Gasteiger partial charge in [0.05, 0.1) is 6.61 Å². The second kappa shape index (κ2) is 7.79. The molecular weight excluding hydrogens is 242 g/mol. The summed E-state index contributed by atoms with van der Waals surface area (Å²) in [6, 6.07) is 3.95. The topological polar surface area (TPSA) is 58.6 Å². The van der Waals surface area contributed by atoms with Crippen LogP contribution in [0.3, 0.4) is 0 Å². The second-order valence-electron chi connectivity index (χ2n) is 4.66. The quantitative estimate of drug-likeness (QED) is 0.587. The standard InChI is InChI=1S/C15H23NO3/c1-4-19-14(17)6-5-7-16-10-13-8-11(2)15(18)12(3)9-13/h8-9,16,18H,4-7,10H2,1-3H3. The van der Waals surface area contributed by atoms with Crippen molar-refractivity contribution < 1.29 is 14.6 Å². The minimum atomic E-state index is -0.138. The van der Waals surface area contributed by atoms with Crippen molar-refractivity contribution in [2.45, 2.75) is 40.2 Å². The van der Waals surface area contributed by atoms with Crippen molar-refractivity contribution in [1.82, 2.24) is 5.32 Å². The molecule has 0 aliphatic heterocycles. The van der Waals surface area contributed by atoms with Crippen LogP contribution in [0.25, 0.3) is 0 Å². The number of ether oxygens (including phenoxy) is 1. The molecule has 106 valence electrons. The molecule has 0 saturated carbocycles. The van der Waals surface area contributed by atoms with Crippen molar-refractivity contribution in [2.75, 3.05) is 13.2 Å². The van der Waals surface area contributed by atoms with Crippen LogP contribution < -0.4 is 5.32 Å². The highest BCUT2D eigenvalue weighted by atomic mass is 16.5. The van der Waals surface area contributed by atoms with Crippen LogP contribution in [0.5, 0.6) is 5.75 Å². The molecule has 1 aromatic rings. The molecule has 19 heavy (non-hydrogen) atoms. The lowest BCUT2D eigenvalue weighted by molar-refractivity contribution is -0.143. The van der Waals surface area contributed by atoms with Crippen LogP contribution in [0.1, 0.15) is 36.5 Å². The van der Waals surface area contributed by atoms with Crippen molar-refractivity contribution in [3.63, 3.8) is 0 Å². The highest BCUT2D eigenvalue weighted by molar-refractivity contribution is 5.69. The van der Waals surface area contributed by atoms with E-state index in [1.54, 1.807) is 0 Å². The van der Waals surface area contributed by atoms with Gasteiger partial charge in [0.15, 0.2) is 0 Å². The number of hydrogen-bond acceptors (Lipinski definition) is 4. The third kappa shape index (κ3) is 5.30. The summed E-state index contributed by atoms with van der Waals surface area (Å²) in [4.78, 5) is 11.1. The summed E-state index contributed by atoms with van der Waals surface area (Å²) in [5.74, 6) is 0.228. The van der Waals surface area contributed by atoms with Crippen molar-refractivity contribution in [2.24, 2.45) is 0 Å². The largest absolute Gasteiger partial charge is 0.507 e. The maximum absolute atomic E-state index is 11.1. The Balaban J connectivity index is 2.28. The van der Waals surface area contributed by atoms with Crippen LogP contribution in [0, 0.1) is 13.8 Å².